The molecule has 1 aromatic rings. The topological polar surface area (TPSA) is 61.4 Å². The average molecular weight is 552 g/mol. The molecule has 0 amide bonds. The zero-order valence-corrected chi connectivity index (χ0v) is 21.8. The van der Waals surface area contributed by atoms with E-state index in [9.17, 15) is 0 Å². The second-order valence-corrected chi connectivity index (χ2v) is 9.03. The molecule has 0 radical (unpaired) electrons. The summed E-state index contributed by atoms with van der Waals surface area (Å²) >= 11 is 1.82. The van der Waals surface area contributed by atoms with Gasteiger partial charge in [0.25, 0.3) is 0 Å². The van der Waals surface area contributed by atoms with Crippen molar-refractivity contribution >= 4 is 41.3 Å². The number of nitrogens with one attached hydrogen (secondary N) is 2. The van der Waals surface area contributed by atoms with Crippen LogP contribution in [0.5, 0.6) is 0 Å². The molecule has 0 spiro atoms. The molecule has 1 aromatic heterocycles. The normalized spacial score (nSPS) is 25.9. The molecule has 2 aliphatic heterocycles. The van der Waals surface area contributed by atoms with E-state index in [0.717, 1.165) is 58.5 Å². The predicted molar refractivity (Wildman–Crippen MR) is 135 cm³/mol. The maximum Gasteiger partial charge on any atom is 0.191 e. The summed E-state index contributed by atoms with van der Waals surface area (Å²) in [5.41, 5.74) is 0. The van der Waals surface area contributed by atoms with Crippen LogP contribution in [-0.4, -0.2) is 93.5 Å². The summed E-state index contributed by atoms with van der Waals surface area (Å²) in [6.45, 7) is 13.7. The third kappa shape index (κ3) is 7.30. The summed E-state index contributed by atoms with van der Waals surface area (Å²) in [6, 6.07) is 5.59. The highest BCUT2D eigenvalue weighted by atomic mass is 127. The Morgan fingerprint density at radius 1 is 1.27 bits per heavy atom. The van der Waals surface area contributed by atoms with Crippen LogP contribution in [0, 0.1) is 0 Å². The van der Waals surface area contributed by atoms with Crippen LogP contribution in [0.4, 0.5) is 0 Å². The molecule has 0 saturated carbocycles. The van der Waals surface area contributed by atoms with Crippen molar-refractivity contribution in [1.82, 2.24) is 20.4 Å². The quantitative estimate of drug-likeness (QED) is 0.309. The molecule has 172 valence electrons. The van der Waals surface area contributed by atoms with E-state index in [2.05, 4.69) is 63.7 Å². The molecule has 9 heteroatoms. The number of nitrogens with zero attached hydrogens (tertiary/aromatic N) is 3. The number of hydrogen-bond donors (Lipinski definition) is 2. The number of aliphatic imine (C=N–C) groups is 1. The number of thiophene rings is 1. The summed E-state index contributed by atoms with van der Waals surface area (Å²) in [6.07, 6.45) is 0.278. The van der Waals surface area contributed by atoms with Crippen LogP contribution in [0.25, 0.3) is 0 Å². The monoisotopic (exact) mass is 551 g/mol. The molecule has 4 atom stereocenters. The summed E-state index contributed by atoms with van der Waals surface area (Å²) in [4.78, 5) is 10.9. The van der Waals surface area contributed by atoms with E-state index in [4.69, 9.17) is 9.47 Å². The Labute approximate surface area is 202 Å². The minimum absolute atomic E-state index is 0. The van der Waals surface area contributed by atoms with E-state index in [1.54, 1.807) is 0 Å². The Balaban J connectivity index is 0.00000320. The Morgan fingerprint density at radius 2 is 2.07 bits per heavy atom. The van der Waals surface area contributed by atoms with Crippen molar-refractivity contribution in [1.29, 1.82) is 0 Å². The van der Waals surface area contributed by atoms with Crippen LogP contribution in [0.2, 0.25) is 0 Å². The second kappa shape index (κ2) is 13.2. The van der Waals surface area contributed by atoms with Gasteiger partial charge < -0.3 is 20.1 Å². The molecule has 2 fully saturated rings. The fraction of sp³-hybridized carbons (Fsp3) is 0.762. The van der Waals surface area contributed by atoms with Gasteiger partial charge in [0, 0.05) is 56.7 Å². The summed E-state index contributed by atoms with van der Waals surface area (Å²) in [5, 5.41) is 9.23. The van der Waals surface area contributed by atoms with Crippen molar-refractivity contribution in [2.45, 2.75) is 45.0 Å². The van der Waals surface area contributed by atoms with Gasteiger partial charge in [-0.05, 0) is 32.2 Å². The molecule has 7 nitrogen and oxygen atoms in total. The first-order valence-corrected chi connectivity index (χ1v) is 11.6. The van der Waals surface area contributed by atoms with Crippen molar-refractivity contribution in [2.75, 3.05) is 59.6 Å². The first kappa shape index (κ1) is 25.8. The molecule has 0 aromatic carbocycles. The Bertz CT molecular complexity index is 633. The van der Waals surface area contributed by atoms with E-state index < -0.39 is 0 Å². The maximum atomic E-state index is 5.75. The molecule has 4 unspecified atom stereocenters. The lowest BCUT2D eigenvalue weighted by molar-refractivity contribution is -0.0334. The summed E-state index contributed by atoms with van der Waals surface area (Å²) in [5.74, 6) is 0.862. The molecular weight excluding hydrogens is 513 g/mol. The molecule has 3 heterocycles. The van der Waals surface area contributed by atoms with Crippen molar-refractivity contribution in [2.24, 2.45) is 4.99 Å². The van der Waals surface area contributed by atoms with Crippen molar-refractivity contribution < 1.29 is 9.47 Å². The first-order valence-electron chi connectivity index (χ1n) is 10.8. The van der Waals surface area contributed by atoms with Gasteiger partial charge in [-0.2, -0.15) is 0 Å². The molecule has 2 saturated heterocycles. The Kier molecular flexibility index (Phi) is 11.3. The highest BCUT2D eigenvalue weighted by molar-refractivity contribution is 14.0. The summed E-state index contributed by atoms with van der Waals surface area (Å²) in [7, 11) is 1.84. The second-order valence-electron chi connectivity index (χ2n) is 8.05. The van der Waals surface area contributed by atoms with Gasteiger partial charge in [0.2, 0.25) is 0 Å². The Hall–Kier alpha value is -0.460. The Morgan fingerprint density at radius 3 is 2.73 bits per heavy atom. The number of rotatable bonds is 7. The lowest BCUT2D eigenvalue weighted by Crippen LogP contribution is -2.53. The van der Waals surface area contributed by atoms with E-state index in [1.165, 1.54) is 4.88 Å². The molecule has 2 aliphatic rings. The van der Waals surface area contributed by atoms with Gasteiger partial charge >= 0.3 is 0 Å². The van der Waals surface area contributed by atoms with Gasteiger partial charge in [0.05, 0.1) is 32.0 Å². The maximum absolute atomic E-state index is 5.75. The number of guanidine groups is 1. The minimum atomic E-state index is 0. The van der Waals surface area contributed by atoms with Gasteiger partial charge in [-0.3, -0.25) is 14.8 Å². The molecule has 30 heavy (non-hydrogen) atoms. The highest BCUT2D eigenvalue weighted by Gasteiger charge is 2.27. The van der Waals surface area contributed by atoms with Crippen LogP contribution in [0.15, 0.2) is 22.5 Å². The van der Waals surface area contributed by atoms with Crippen molar-refractivity contribution in [3.8, 4) is 0 Å². The van der Waals surface area contributed by atoms with Gasteiger partial charge in [-0.15, -0.1) is 35.3 Å². The summed E-state index contributed by atoms with van der Waals surface area (Å²) < 4.78 is 11.3. The molecule has 2 N–H and O–H groups in total. The van der Waals surface area contributed by atoms with Gasteiger partial charge in [-0.1, -0.05) is 6.07 Å². The van der Waals surface area contributed by atoms with Crippen molar-refractivity contribution in [3.63, 3.8) is 0 Å². The number of morpholine rings is 2. The van der Waals surface area contributed by atoms with Crippen LogP contribution >= 0.6 is 35.3 Å². The van der Waals surface area contributed by atoms with Gasteiger partial charge in [0.15, 0.2) is 5.96 Å². The largest absolute Gasteiger partial charge is 0.379 e. The third-order valence-electron chi connectivity index (χ3n) is 5.82. The van der Waals surface area contributed by atoms with Crippen LogP contribution < -0.4 is 10.6 Å². The number of ether oxygens (including phenoxy) is 2. The highest BCUT2D eigenvalue weighted by Crippen LogP contribution is 2.26. The van der Waals surface area contributed by atoms with E-state index >= 15 is 0 Å². The fourth-order valence-corrected chi connectivity index (χ4v) is 5.05. The zero-order chi connectivity index (χ0) is 20.6. The number of hydrogen-bond acceptors (Lipinski definition) is 6. The van der Waals surface area contributed by atoms with Crippen LogP contribution in [0.3, 0.4) is 0 Å². The lowest BCUT2D eigenvalue weighted by Gasteiger charge is -2.38. The average Bonchev–Trinajstić information content (AvgIpc) is 3.25. The predicted octanol–water partition coefficient (Wildman–Crippen LogP) is 2.40. The molecule has 3 rings (SSSR count). The SMILES string of the molecule is CN=C(NCC(c1cccs1)N1CCOC(C)C1)NCC(C)N1CCOCC1C.I. The zero-order valence-electron chi connectivity index (χ0n) is 18.7. The standard InChI is InChI=1S/C21H37N5O2S.HI/c1-16(26-8-9-27-15-17(26)2)12-23-21(22-4)24-13-19(20-6-5-11-29-20)25-7-10-28-18(3)14-25;/h5-6,11,16-19H,7-10,12-15H2,1-4H3,(H2,22,23,24);1H. The lowest BCUT2D eigenvalue weighted by atomic mass is 10.1. The number of halogens is 1. The van der Waals surface area contributed by atoms with Crippen LogP contribution in [-0.2, 0) is 9.47 Å². The van der Waals surface area contributed by atoms with Crippen molar-refractivity contribution in [3.05, 3.63) is 22.4 Å². The fourth-order valence-electron chi connectivity index (χ4n) is 4.19. The minimum Gasteiger partial charge on any atom is -0.379 e. The van der Waals surface area contributed by atoms with Gasteiger partial charge in [-0.25, -0.2) is 0 Å². The van der Waals surface area contributed by atoms with E-state index in [1.807, 2.05) is 18.4 Å². The van der Waals surface area contributed by atoms with E-state index in [0.29, 0.717) is 18.1 Å². The molecule has 0 bridgehead atoms. The van der Waals surface area contributed by atoms with E-state index in [-0.39, 0.29) is 30.1 Å². The smallest absolute Gasteiger partial charge is 0.191 e. The third-order valence-corrected chi connectivity index (χ3v) is 6.79. The van der Waals surface area contributed by atoms with Crippen LogP contribution in [0.1, 0.15) is 31.7 Å². The first-order chi connectivity index (χ1) is 14.1. The molecule has 0 aliphatic carbocycles. The van der Waals surface area contributed by atoms with Gasteiger partial charge in [0.1, 0.15) is 0 Å². The molecular formula is C21H38IN5O2S.